The van der Waals surface area contributed by atoms with E-state index in [4.69, 9.17) is 5.73 Å². The molecule has 3 N–H and O–H groups in total. The first-order chi connectivity index (χ1) is 8.62. The molecule has 0 unspecified atom stereocenters. The second kappa shape index (κ2) is 4.47. The zero-order chi connectivity index (χ0) is 14.5. The lowest BCUT2D eigenvalue weighted by molar-refractivity contribution is -0.142. The van der Waals surface area contributed by atoms with Gasteiger partial charge in [-0.15, -0.1) is 0 Å². The van der Waals surface area contributed by atoms with E-state index in [0.29, 0.717) is 0 Å². The summed E-state index contributed by atoms with van der Waals surface area (Å²) in [7, 11) is 0. The maximum Gasteiger partial charge on any atom is 0.226 e. The fourth-order valence-corrected chi connectivity index (χ4v) is 4.42. The number of hydrogen-bond acceptors (Lipinski definition) is 2. The van der Waals surface area contributed by atoms with Crippen LogP contribution >= 0.6 is 0 Å². The van der Waals surface area contributed by atoms with Crippen LogP contribution in [0.15, 0.2) is 0 Å². The topological polar surface area (TPSA) is 55.1 Å². The minimum absolute atomic E-state index is 0.00974. The van der Waals surface area contributed by atoms with E-state index >= 15 is 0 Å². The van der Waals surface area contributed by atoms with Crippen LogP contribution in [-0.2, 0) is 4.79 Å². The summed E-state index contributed by atoms with van der Waals surface area (Å²) in [5, 5.41) is 3.32. The van der Waals surface area contributed by atoms with Gasteiger partial charge in [-0.3, -0.25) is 4.79 Å². The second-order valence-electron chi connectivity index (χ2n) is 8.15. The van der Waals surface area contributed by atoms with Crippen molar-refractivity contribution in [2.45, 2.75) is 78.8 Å². The minimum atomic E-state index is -0.163. The summed E-state index contributed by atoms with van der Waals surface area (Å²) >= 11 is 0. The molecule has 0 aromatic carbocycles. The highest BCUT2D eigenvalue weighted by Gasteiger charge is 2.61. The lowest BCUT2D eigenvalue weighted by Gasteiger charge is -2.63. The van der Waals surface area contributed by atoms with Gasteiger partial charge in [-0.2, -0.15) is 0 Å². The summed E-state index contributed by atoms with van der Waals surface area (Å²) in [4.78, 5) is 12.7. The average molecular weight is 266 g/mol. The lowest BCUT2D eigenvalue weighted by atomic mass is 9.48. The van der Waals surface area contributed by atoms with Crippen LogP contribution in [0.2, 0.25) is 0 Å². The molecular formula is C16H30N2O. The molecule has 1 amide bonds. The van der Waals surface area contributed by atoms with Crippen molar-refractivity contribution in [1.29, 1.82) is 0 Å². The third-order valence-corrected chi connectivity index (χ3v) is 5.87. The smallest absolute Gasteiger partial charge is 0.226 e. The molecule has 0 aromatic rings. The van der Waals surface area contributed by atoms with Gasteiger partial charge in [-0.25, -0.2) is 0 Å². The predicted molar refractivity (Wildman–Crippen MR) is 78.7 cm³/mol. The number of carbonyl (C=O) groups excluding carboxylic acids is 1. The molecule has 3 nitrogen and oxygen atoms in total. The van der Waals surface area contributed by atoms with E-state index in [1.54, 1.807) is 0 Å². The van der Waals surface area contributed by atoms with Crippen molar-refractivity contribution in [2.75, 3.05) is 0 Å². The van der Waals surface area contributed by atoms with E-state index in [0.717, 1.165) is 12.8 Å². The summed E-state index contributed by atoms with van der Waals surface area (Å²) in [6.07, 6.45) is 5.69. The van der Waals surface area contributed by atoms with Gasteiger partial charge >= 0.3 is 0 Å². The molecule has 0 radical (unpaired) electrons. The Labute approximate surface area is 117 Å². The molecule has 19 heavy (non-hydrogen) atoms. The number of hydrogen-bond donors (Lipinski definition) is 2. The van der Waals surface area contributed by atoms with Crippen LogP contribution in [0.25, 0.3) is 0 Å². The Kier molecular flexibility index (Phi) is 3.49. The molecule has 0 spiro atoms. The van der Waals surface area contributed by atoms with Gasteiger partial charge in [0, 0.05) is 28.3 Å². The van der Waals surface area contributed by atoms with Gasteiger partial charge in [0.05, 0.1) is 0 Å². The fourth-order valence-electron chi connectivity index (χ4n) is 4.42. The Morgan fingerprint density at radius 3 is 1.95 bits per heavy atom. The largest absolute Gasteiger partial charge is 0.352 e. The number of nitrogens with one attached hydrogen (secondary N) is 1. The van der Waals surface area contributed by atoms with Gasteiger partial charge in [-0.1, -0.05) is 53.9 Å². The van der Waals surface area contributed by atoms with Gasteiger partial charge < -0.3 is 11.1 Å². The Balaban J connectivity index is 2.07. The zero-order valence-electron chi connectivity index (χ0n) is 13.2. The van der Waals surface area contributed by atoms with Crippen molar-refractivity contribution in [3.63, 3.8) is 0 Å². The summed E-state index contributed by atoms with van der Waals surface area (Å²) in [6.45, 7) is 10.8. The van der Waals surface area contributed by atoms with E-state index in [2.05, 4.69) is 39.9 Å². The first-order valence-corrected chi connectivity index (χ1v) is 7.69. The van der Waals surface area contributed by atoms with Gasteiger partial charge in [0.15, 0.2) is 0 Å². The summed E-state index contributed by atoms with van der Waals surface area (Å²) in [5.74, 6) is 0.241. The zero-order valence-corrected chi connectivity index (χ0v) is 13.2. The Bertz CT molecular complexity index is 351. The van der Waals surface area contributed by atoms with Crippen LogP contribution in [0.1, 0.15) is 66.7 Å². The quantitative estimate of drug-likeness (QED) is 0.807. The normalized spacial score (nSPS) is 35.3. The van der Waals surface area contributed by atoms with Crippen molar-refractivity contribution >= 4 is 5.91 Å². The van der Waals surface area contributed by atoms with Gasteiger partial charge in [-0.05, 0) is 12.8 Å². The summed E-state index contributed by atoms with van der Waals surface area (Å²) < 4.78 is 0. The first-order valence-electron chi connectivity index (χ1n) is 7.69. The molecule has 2 fully saturated rings. The van der Waals surface area contributed by atoms with Crippen LogP contribution in [-0.4, -0.2) is 18.0 Å². The molecule has 2 aliphatic rings. The average Bonchev–Trinajstić information content (AvgIpc) is 2.35. The fraction of sp³-hybridized carbons (Fsp3) is 0.938. The van der Waals surface area contributed by atoms with Gasteiger partial charge in [0.2, 0.25) is 5.91 Å². The Morgan fingerprint density at radius 1 is 1.00 bits per heavy atom. The maximum atomic E-state index is 12.7. The van der Waals surface area contributed by atoms with Crippen molar-refractivity contribution in [3.05, 3.63) is 0 Å². The van der Waals surface area contributed by atoms with Crippen molar-refractivity contribution in [1.82, 2.24) is 5.32 Å². The number of amides is 1. The van der Waals surface area contributed by atoms with E-state index in [-0.39, 0.29) is 34.2 Å². The molecular weight excluding hydrogens is 236 g/mol. The van der Waals surface area contributed by atoms with Gasteiger partial charge in [0.25, 0.3) is 0 Å². The van der Waals surface area contributed by atoms with Crippen molar-refractivity contribution in [3.8, 4) is 0 Å². The van der Waals surface area contributed by atoms with E-state index in [9.17, 15) is 4.79 Å². The Hall–Kier alpha value is -0.570. The molecule has 2 aliphatic carbocycles. The van der Waals surface area contributed by atoms with Crippen LogP contribution in [0.3, 0.4) is 0 Å². The molecule has 0 heterocycles. The molecule has 2 saturated carbocycles. The predicted octanol–water partition coefficient (Wildman–Crippen LogP) is 2.83. The van der Waals surface area contributed by atoms with E-state index in [1.165, 1.54) is 19.3 Å². The molecule has 3 heteroatoms. The Morgan fingerprint density at radius 2 is 1.47 bits per heavy atom. The number of nitrogens with two attached hydrogens (primary N) is 1. The highest BCUT2D eigenvalue weighted by atomic mass is 16.2. The molecule has 0 saturated heterocycles. The van der Waals surface area contributed by atoms with Crippen molar-refractivity contribution in [2.24, 2.45) is 22.0 Å². The first kappa shape index (κ1) is 14.8. The maximum absolute atomic E-state index is 12.7. The summed E-state index contributed by atoms with van der Waals surface area (Å²) in [6, 6.07) is 0.325. The van der Waals surface area contributed by atoms with E-state index in [1.807, 2.05) is 0 Å². The molecule has 2 rings (SSSR count). The second-order valence-corrected chi connectivity index (χ2v) is 8.15. The number of carbonyl (C=O) groups is 1. The van der Waals surface area contributed by atoms with E-state index < -0.39 is 0 Å². The van der Waals surface area contributed by atoms with Gasteiger partial charge in [0.1, 0.15) is 0 Å². The molecule has 0 bridgehead atoms. The molecule has 0 atom stereocenters. The number of rotatable bonds is 2. The van der Waals surface area contributed by atoms with Crippen LogP contribution in [0, 0.1) is 16.2 Å². The monoisotopic (exact) mass is 266 g/mol. The molecule has 0 aliphatic heterocycles. The molecule has 110 valence electrons. The van der Waals surface area contributed by atoms with Crippen LogP contribution in [0.5, 0.6) is 0 Å². The lowest BCUT2D eigenvalue weighted by Crippen LogP contribution is -2.76. The van der Waals surface area contributed by atoms with Crippen LogP contribution in [0.4, 0.5) is 0 Å². The highest BCUT2D eigenvalue weighted by molar-refractivity contribution is 5.83. The molecule has 0 aromatic heterocycles. The van der Waals surface area contributed by atoms with Crippen LogP contribution < -0.4 is 11.1 Å². The SMILES string of the molecule is CC1(C(=O)NC2C(C)(C)C(N)C2(C)C)CCCCC1. The third kappa shape index (κ3) is 2.20. The minimum Gasteiger partial charge on any atom is -0.352 e. The summed E-state index contributed by atoms with van der Waals surface area (Å²) in [5.41, 5.74) is 6.08. The highest BCUT2D eigenvalue weighted by Crippen LogP contribution is 2.53. The standard InChI is InChI=1S/C16H30N2O/c1-14(2)11(17)15(3,4)12(14)18-13(19)16(5)9-7-6-8-10-16/h11-12H,6-10,17H2,1-5H3,(H,18,19). The third-order valence-electron chi connectivity index (χ3n) is 5.87. The van der Waals surface area contributed by atoms with Crippen molar-refractivity contribution < 1.29 is 4.79 Å².